The van der Waals surface area contributed by atoms with Crippen molar-refractivity contribution in [3.05, 3.63) is 4.77 Å². The summed E-state index contributed by atoms with van der Waals surface area (Å²) in [5.41, 5.74) is 0. The Labute approximate surface area is 83.2 Å². The Morgan fingerprint density at radius 2 is 2.23 bits per heavy atom. The van der Waals surface area contributed by atoms with Crippen molar-refractivity contribution in [2.24, 2.45) is 0 Å². The van der Waals surface area contributed by atoms with Crippen molar-refractivity contribution in [2.75, 3.05) is 6.61 Å². The number of nitrogens with one attached hydrogen (secondary N) is 1. The molecule has 0 aliphatic rings. The zero-order valence-electron chi connectivity index (χ0n) is 8.07. The number of nitrogens with zero attached hydrogens (tertiary/aromatic N) is 3. The molecule has 0 spiro atoms. The monoisotopic (exact) mass is 218 g/mol. The summed E-state index contributed by atoms with van der Waals surface area (Å²) in [7, 11) is -1.41. The number of aromatic nitrogens is 4. The van der Waals surface area contributed by atoms with Gasteiger partial charge < -0.3 is 4.43 Å². The van der Waals surface area contributed by atoms with Gasteiger partial charge in [-0.2, -0.15) is 5.21 Å². The van der Waals surface area contributed by atoms with Crippen molar-refractivity contribution >= 4 is 20.5 Å². The summed E-state index contributed by atoms with van der Waals surface area (Å²) in [4.78, 5) is 0. The average molecular weight is 218 g/mol. The van der Waals surface area contributed by atoms with Gasteiger partial charge in [0.25, 0.3) is 0 Å². The quantitative estimate of drug-likeness (QED) is 0.609. The van der Waals surface area contributed by atoms with E-state index in [0.717, 1.165) is 0 Å². The lowest BCUT2D eigenvalue weighted by molar-refractivity contribution is 0.283. The van der Waals surface area contributed by atoms with Gasteiger partial charge in [0.05, 0.1) is 13.2 Å². The number of hydrogen-bond donors (Lipinski definition) is 1. The van der Waals surface area contributed by atoms with Gasteiger partial charge in [-0.15, -0.1) is 0 Å². The van der Waals surface area contributed by atoms with E-state index >= 15 is 0 Å². The third kappa shape index (κ3) is 3.79. The van der Waals surface area contributed by atoms with E-state index in [0.29, 0.717) is 17.9 Å². The smallest absolute Gasteiger partial charge is 0.238 e. The van der Waals surface area contributed by atoms with Crippen LogP contribution in [0, 0.1) is 4.77 Å². The van der Waals surface area contributed by atoms with Crippen LogP contribution in [0.4, 0.5) is 0 Å². The van der Waals surface area contributed by atoms with Crippen LogP contribution in [0.3, 0.4) is 0 Å². The molecule has 13 heavy (non-hydrogen) atoms. The highest BCUT2D eigenvalue weighted by Gasteiger charge is 2.13. The van der Waals surface area contributed by atoms with Gasteiger partial charge >= 0.3 is 0 Å². The van der Waals surface area contributed by atoms with Crippen LogP contribution in [0.2, 0.25) is 19.6 Å². The lowest BCUT2D eigenvalue weighted by Gasteiger charge is -2.16. The van der Waals surface area contributed by atoms with Crippen molar-refractivity contribution in [1.82, 2.24) is 20.2 Å². The minimum absolute atomic E-state index is 0.471. The summed E-state index contributed by atoms with van der Waals surface area (Å²) >= 11 is 4.91. The SMILES string of the molecule is C[Si](C)(C)OCCn1[nH]nnc1=S. The molecule has 0 bridgehead atoms. The molecule has 0 saturated carbocycles. The van der Waals surface area contributed by atoms with Gasteiger partial charge in [0.2, 0.25) is 4.77 Å². The first-order valence-corrected chi connectivity index (χ1v) is 7.92. The van der Waals surface area contributed by atoms with E-state index < -0.39 is 8.32 Å². The molecule has 0 saturated heterocycles. The third-order valence-electron chi connectivity index (χ3n) is 1.38. The van der Waals surface area contributed by atoms with Crippen LogP contribution in [-0.2, 0) is 11.0 Å². The summed E-state index contributed by atoms with van der Waals surface area (Å²) in [6.45, 7) is 7.80. The first kappa shape index (κ1) is 10.5. The molecule has 74 valence electrons. The summed E-state index contributed by atoms with van der Waals surface area (Å²) in [6.07, 6.45) is 0. The van der Waals surface area contributed by atoms with Gasteiger partial charge in [-0.25, -0.2) is 4.68 Å². The van der Waals surface area contributed by atoms with Crippen molar-refractivity contribution in [3.8, 4) is 0 Å². The largest absolute Gasteiger partial charge is 0.416 e. The average Bonchev–Trinajstić information content (AvgIpc) is 2.34. The standard InChI is InChI=1S/C6H14N4OSSi/c1-13(2,3)11-5-4-10-6(12)7-8-9-10/h4-5H2,1-3H3,(H,7,9,12). The van der Waals surface area contributed by atoms with Gasteiger partial charge in [0, 0.05) is 0 Å². The second-order valence-corrected chi connectivity index (χ2v) is 8.57. The molecule has 0 unspecified atom stereocenters. The molecule has 1 aromatic heterocycles. The van der Waals surface area contributed by atoms with Gasteiger partial charge in [-0.3, -0.25) is 0 Å². The van der Waals surface area contributed by atoms with Crippen molar-refractivity contribution in [3.63, 3.8) is 0 Å². The first-order chi connectivity index (χ1) is 5.99. The molecule has 0 aromatic carbocycles. The summed E-state index contributed by atoms with van der Waals surface area (Å²) in [6, 6.07) is 0. The van der Waals surface area contributed by atoms with Gasteiger partial charge in [0.1, 0.15) is 0 Å². The molecule has 0 amide bonds. The second kappa shape index (κ2) is 4.12. The number of rotatable bonds is 4. The zero-order valence-corrected chi connectivity index (χ0v) is 9.89. The van der Waals surface area contributed by atoms with Gasteiger partial charge in [-0.1, -0.05) is 10.3 Å². The fraction of sp³-hybridized carbons (Fsp3) is 0.833. The third-order valence-corrected chi connectivity index (χ3v) is 2.75. The molecular formula is C6H14N4OSSi. The maximum atomic E-state index is 5.65. The summed E-state index contributed by atoms with van der Waals surface area (Å²) in [5, 5.41) is 9.91. The van der Waals surface area contributed by atoms with E-state index in [4.69, 9.17) is 16.6 Å². The predicted octanol–water partition coefficient (Wildman–Crippen LogP) is 1.19. The molecule has 1 aromatic rings. The van der Waals surface area contributed by atoms with Crippen molar-refractivity contribution < 1.29 is 4.43 Å². The van der Waals surface area contributed by atoms with Crippen molar-refractivity contribution in [1.29, 1.82) is 0 Å². The Hall–Kier alpha value is -0.533. The molecule has 0 aliphatic carbocycles. The molecular weight excluding hydrogens is 204 g/mol. The van der Waals surface area contributed by atoms with Crippen molar-refractivity contribution in [2.45, 2.75) is 26.2 Å². The number of hydrogen-bond acceptors (Lipinski definition) is 4. The number of tetrazole rings is 1. The van der Waals surface area contributed by atoms with E-state index in [-0.39, 0.29) is 0 Å². The highest BCUT2D eigenvalue weighted by Crippen LogP contribution is 2.01. The Bertz CT molecular complexity index is 315. The van der Waals surface area contributed by atoms with E-state index in [1.165, 1.54) is 0 Å². The first-order valence-electron chi connectivity index (χ1n) is 4.11. The van der Waals surface area contributed by atoms with E-state index in [1.807, 2.05) is 0 Å². The van der Waals surface area contributed by atoms with Crippen LogP contribution in [0.25, 0.3) is 0 Å². The maximum absolute atomic E-state index is 5.65. The highest BCUT2D eigenvalue weighted by atomic mass is 32.1. The molecule has 5 nitrogen and oxygen atoms in total. The van der Waals surface area contributed by atoms with Crippen LogP contribution in [0.1, 0.15) is 0 Å². The van der Waals surface area contributed by atoms with Crippen LogP contribution in [0.5, 0.6) is 0 Å². The predicted molar refractivity (Wildman–Crippen MR) is 54.5 cm³/mol. The van der Waals surface area contributed by atoms with Crippen LogP contribution in [0.15, 0.2) is 0 Å². The zero-order chi connectivity index (χ0) is 9.90. The molecule has 0 radical (unpaired) electrons. The van der Waals surface area contributed by atoms with Crippen LogP contribution >= 0.6 is 12.2 Å². The minimum atomic E-state index is -1.41. The van der Waals surface area contributed by atoms with Crippen LogP contribution < -0.4 is 0 Å². The minimum Gasteiger partial charge on any atom is -0.416 e. The molecule has 7 heteroatoms. The normalized spacial score (nSPS) is 11.9. The number of aromatic amines is 1. The summed E-state index contributed by atoms with van der Waals surface area (Å²) in [5.74, 6) is 0. The molecule has 1 N–H and O–H groups in total. The van der Waals surface area contributed by atoms with Crippen LogP contribution in [-0.4, -0.2) is 35.1 Å². The fourth-order valence-electron chi connectivity index (χ4n) is 0.805. The van der Waals surface area contributed by atoms with E-state index in [1.54, 1.807) is 4.68 Å². The fourth-order valence-corrected chi connectivity index (χ4v) is 1.68. The Morgan fingerprint density at radius 1 is 1.54 bits per heavy atom. The number of H-pyrrole nitrogens is 1. The Balaban J connectivity index is 2.37. The Kier molecular flexibility index (Phi) is 3.34. The Morgan fingerprint density at radius 3 is 2.69 bits per heavy atom. The van der Waals surface area contributed by atoms with Gasteiger partial charge in [-0.05, 0) is 31.9 Å². The molecule has 1 heterocycles. The molecule has 0 atom stereocenters. The second-order valence-electron chi connectivity index (χ2n) is 3.70. The highest BCUT2D eigenvalue weighted by molar-refractivity contribution is 7.71. The van der Waals surface area contributed by atoms with E-state index in [9.17, 15) is 0 Å². The molecule has 1 rings (SSSR count). The lowest BCUT2D eigenvalue weighted by Crippen LogP contribution is -2.27. The van der Waals surface area contributed by atoms with E-state index in [2.05, 4.69) is 35.2 Å². The summed E-state index contributed by atoms with van der Waals surface area (Å²) < 4.78 is 7.82. The molecule has 0 fully saturated rings. The topological polar surface area (TPSA) is 55.7 Å². The molecule has 0 aliphatic heterocycles. The van der Waals surface area contributed by atoms with Gasteiger partial charge in [0.15, 0.2) is 8.32 Å². The lowest BCUT2D eigenvalue weighted by atomic mass is 10.7. The maximum Gasteiger partial charge on any atom is 0.238 e.